The third-order valence-electron chi connectivity index (χ3n) is 2.54. The third kappa shape index (κ3) is 3.66. The predicted octanol–water partition coefficient (Wildman–Crippen LogP) is 2.29. The van der Waals surface area contributed by atoms with Crippen molar-refractivity contribution in [2.75, 3.05) is 6.61 Å². The molecule has 3 heteroatoms. The van der Waals surface area contributed by atoms with Crippen molar-refractivity contribution in [2.24, 2.45) is 0 Å². The van der Waals surface area contributed by atoms with Gasteiger partial charge >= 0.3 is 0 Å². The van der Waals surface area contributed by atoms with E-state index in [1.807, 2.05) is 18.2 Å². The van der Waals surface area contributed by atoms with Crippen LogP contribution in [0.25, 0.3) is 0 Å². The minimum Gasteiger partial charge on any atom is -0.477 e. The van der Waals surface area contributed by atoms with Gasteiger partial charge in [0.25, 0.3) is 0 Å². The van der Waals surface area contributed by atoms with Crippen LogP contribution in [0, 0.1) is 0 Å². The second-order valence-electron chi connectivity index (χ2n) is 4.08. The first-order valence-corrected chi connectivity index (χ1v) is 5.80. The maximum atomic E-state index is 5.50. The van der Waals surface area contributed by atoms with E-state index in [1.54, 1.807) is 6.20 Å². The Morgan fingerprint density at radius 1 is 1.56 bits per heavy atom. The first-order chi connectivity index (χ1) is 7.88. The monoisotopic (exact) mass is 218 g/mol. The van der Waals surface area contributed by atoms with Crippen molar-refractivity contribution in [3.63, 3.8) is 0 Å². The van der Waals surface area contributed by atoms with Gasteiger partial charge in [-0.15, -0.1) is 6.58 Å². The van der Waals surface area contributed by atoms with E-state index in [1.165, 1.54) is 18.4 Å². The summed E-state index contributed by atoms with van der Waals surface area (Å²) < 4.78 is 5.50. The maximum Gasteiger partial charge on any atom is 0.213 e. The predicted molar refractivity (Wildman–Crippen MR) is 64.4 cm³/mol. The van der Waals surface area contributed by atoms with E-state index in [4.69, 9.17) is 4.74 Å². The van der Waals surface area contributed by atoms with E-state index in [0.29, 0.717) is 12.5 Å². The molecule has 86 valence electrons. The molecule has 0 spiro atoms. The van der Waals surface area contributed by atoms with Gasteiger partial charge < -0.3 is 10.1 Å². The lowest BCUT2D eigenvalue weighted by Crippen LogP contribution is -2.15. The van der Waals surface area contributed by atoms with Crippen molar-refractivity contribution >= 4 is 0 Å². The van der Waals surface area contributed by atoms with Gasteiger partial charge in [0.1, 0.15) is 0 Å². The highest BCUT2D eigenvalue weighted by Gasteiger charge is 2.19. The fourth-order valence-corrected chi connectivity index (χ4v) is 1.44. The number of rotatable bonds is 7. The molecule has 1 aliphatic rings. The summed E-state index contributed by atoms with van der Waals surface area (Å²) in [7, 11) is 0. The van der Waals surface area contributed by atoms with Crippen LogP contribution in [0.2, 0.25) is 0 Å². The van der Waals surface area contributed by atoms with Gasteiger partial charge in [-0.1, -0.05) is 6.08 Å². The zero-order valence-electron chi connectivity index (χ0n) is 9.48. The van der Waals surface area contributed by atoms with Crippen LogP contribution >= 0.6 is 0 Å². The summed E-state index contributed by atoms with van der Waals surface area (Å²) >= 11 is 0. The zero-order chi connectivity index (χ0) is 11.2. The first kappa shape index (κ1) is 11.1. The number of nitrogens with one attached hydrogen (secondary N) is 1. The summed E-state index contributed by atoms with van der Waals surface area (Å²) in [5.74, 6) is 0.706. The molecule has 0 saturated heterocycles. The van der Waals surface area contributed by atoms with E-state index in [0.717, 1.165) is 19.0 Å². The van der Waals surface area contributed by atoms with E-state index >= 15 is 0 Å². The van der Waals surface area contributed by atoms with Crippen molar-refractivity contribution in [3.05, 3.63) is 36.5 Å². The molecule has 1 heterocycles. The SMILES string of the molecule is C=CCCOc1cc(CNC2CC2)ccn1. The molecule has 1 N–H and O–H groups in total. The molecule has 1 fully saturated rings. The van der Waals surface area contributed by atoms with E-state index in [2.05, 4.69) is 16.9 Å². The van der Waals surface area contributed by atoms with Crippen LogP contribution in [0.4, 0.5) is 0 Å². The summed E-state index contributed by atoms with van der Waals surface area (Å²) in [6, 6.07) is 4.76. The van der Waals surface area contributed by atoms with Crippen LogP contribution in [-0.4, -0.2) is 17.6 Å². The van der Waals surface area contributed by atoms with Crippen LogP contribution in [0.1, 0.15) is 24.8 Å². The molecule has 0 atom stereocenters. The highest BCUT2D eigenvalue weighted by molar-refractivity contribution is 5.20. The molecule has 0 aromatic carbocycles. The molecule has 2 rings (SSSR count). The second kappa shape index (κ2) is 5.66. The Bertz CT molecular complexity index is 348. The van der Waals surface area contributed by atoms with E-state index < -0.39 is 0 Å². The molecule has 1 saturated carbocycles. The van der Waals surface area contributed by atoms with Gasteiger partial charge in [-0.2, -0.15) is 0 Å². The molecular formula is C13H18N2O. The van der Waals surface area contributed by atoms with Gasteiger partial charge in [-0.25, -0.2) is 4.98 Å². The fraction of sp³-hybridized carbons (Fsp3) is 0.462. The van der Waals surface area contributed by atoms with Crippen LogP contribution in [0.3, 0.4) is 0 Å². The average molecular weight is 218 g/mol. The van der Waals surface area contributed by atoms with Gasteiger partial charge in [0, 0.05) is 24.8 Å². The Morgan fingerprint density at radius 2 is 2.44 bits per heavy atom. The summed E-state index contributed by atoms with van der Waals surface area (Å²) in [4.78, 5) is 4.17. The Hall–Kier alpha value is -1.35. The van der Waals surface area contributed by atoms with Gasteiger partial charge in [0.2, 0.25) is 5.88 Å². The number of hydrogen-bond acceptors (Lipinski definition) is 3. The Labute approximate surface area is 96.5 Å². The number of aromatic nitrogens is 1. The van der Waals surface area contributed by atoms with E-state index in [9.17, 15) is 0 Å². The summed E-state index contributed by atoms with van der Waals surface area (Å²) in [5.41, 5.74) is 1.23. The first-order valence-electron chi connectivity index (χ1n) is 5.80. The lowest BCUT2D eigenvalue weighted by atomic mass is 10.2. The summed E-state index contributed by atoms with van der Waals surface area (Å²) in [6.45, 7) is 5.21. The molecule has 1 aliphatic carbocycles. The number of ether oxygens (including phenoxy) is 1. The molecule has 1 aromatic heterocycles. The highest BCUT2D eigenvalue weighted by atomic mass is 16.5. The minimum absolute atomic E-state index is 0.649. The smallest absolute Gasteiger partial charge is 0.213 e. The molecular weight excluding hydrogens is 200 g/mol. The number of pyridine rings is 1. The lowest BCUT2D eigenvalue weighted by Gasteiger charge is -2.06. The van der Waals surface area contributed by atoms with Gasteiger partial charge in [-0.3, -0.25) is 0 Å². The Kier molecular flexibility index (Phi) is 3.94. The summed E-state index contributed by atoms with van der Waals surface area (Å²) in [6.07, 6.45) is 7.12. The standard InChI is InChI=1S/C13H18N2O/c1-2-3-8-16-13-9-11(6-7-14-13)10-15-12-4-5-12/h2,6-7,9,12,15H,1,3-5,8,10H2. The number of hydrogen-bond donors (Lipinski definition) is 1. The van der Waals surface area contributed by atoms with Crippen molar-refractivity contribution in [3.8, 4) is 5.88 Å². The van der Waals surface area contributed by atoms with Gasteiger partial charge in [0.15, 0.2) is 0 Å². The normalized spacial score (nSPS) is 14.8. The van der Waals surface area contributed by atoms with Crippen LogP contribution in [-0.2, 0) is 6.54 Å². The molecule has 3 nitrogen and oxygen atoms in total. The van der Waals surface area contributed by atoms with Crippen LogP contribution < -0.4 is 10.1 Å². The minimum atomic E-state index is 0.649. The van der Waals surface area contributed by atoms with Crippen LogP contribution in [0.15, 0.2) is 31.0 Å². The molecule has 0 unspecified atom stereocenters. The van der Waals surface area contributed by atoms with Gasteiger partial charge in [-0.05, 0) is 30.9 Å². The Balaban J connectivity index is 1.82. The van der Waals surface area contributed by atoms with Crippen LogP contribution in [0.5, 0.6) is 5.88 Å². The second-order valence-corrected chi connectivity index (χ2v) is 4.08. The maximum absolute atomic E-state index is 5.50. The quantitative estimate of drug-likeness (QED) is 0.563. The Morgan fingerprint density at radius 3 is 3.19 bits per heavy atom. The molecule has 1 aromatic rings. The van der Waals surface area contributed by atoms with Crippen molar-refractivity contribution in [1.82, 2.24) is 10.3 Å². The fourth-order valence-electron chi connectivity index (χ4n) is 1.44. The topological polar surface area (TPSA) is 34.1 Å². The molecule has 0 aliphatic heterocycles. The summed E-state index contributed by atoms with van der Waals surface area (Å²) in [5, 5.41) is 3.47. The number of nitrogens with zero attached hydrogens (tertiary/aromatic N) is 1. The highest BCUT2D eigenvalue weighted by Crippen LogP contribution is 2.19. The van der Waals surface area contributed by atoms with Crippen molar-refractivity contribution in [2.45, 2.75) is 31.8 Å². The molecule has 16 heavy (non-hydrogen) atoms. The van der Waals surface area contributed by atoms with Crippen molar-refractivity contribution < 1.29 is 4.74 Å². The lowest BCUT2D eigenvalue weighted by molar-refractivity contribution is 0.312. The molecule has 0 bridgehead atoms. The molecule has 0 radical (unpaired) electrons. The third-order valence-corrected chi connectivity index (χ3v) is 2.54. The zero-order valence-corrected chi connectivity index (χ0v) is 9.48. The average Bonchev–Trinajstić information content (AvgIpc) is 3.11. The van der Waals surface area contributed by atoms with Crippen molar-refractivity contribution in [1.29, 1.82) is 0 Å². The van der Waals surface area contributed by atoms with Gasteiger partial charge in [0.05, 0.1) is 6.61 Å². The largest absolute Gasteiger partial charge is 0.477 e. The van der Waals surface area contributed by atoms with E-state index in [-0.39, 0.29) is 0 Å². The molecule has 0 amide bonds.